The zero-order chi connectivity index (χ0) is 19.7. The number of aliphatic hydroxyl groups excluding tert-OH is 1. The molecule has 0 aliphatic carbocycles. The van der Waals surface area contributed by atoms with Crippen molar-refractivity contribution in [3.63, 3.8) is 0 Å². The number of hydrogen-bond acceptors (Lipinski definition) is 4. The molecule has 3 rings (SSSR count). The molecule has 1 N–H and O–H groups in total. The van der Waals surface area contributed by atoms with Gasteiger partial charge in [0.25, 0.3) is 0 Å². The third-order valence-electron chi connectivity index (χ3n) is 4.25. The maximum atomic E-state index is 12.3. The van der Waals surface area contributed by atoms with Gasteiger partial charge in [-0.3, -0.25) is 4.99 Å². The molecule has 1 heterocycles. The fourth-order valence-electron chi connectivity index (χ4n) is 2.93. The van der Waals surface area contributed by atoms with Crippen molar-refractivity contribution in [1.29, 1.82) is 0 Å². The van der Waals surface area contributed by atoms with Crippen LogP contribution in [0.1, 0.15) is 13.8 Å². The third kappa shape index (κ3) is 5.01. The largest absolute Gasteiger partial charge is 0.573 e. The van der Waals surface area contributed by atoms with Gasteiger partial charge in [0, 0.05) is 30.0 Å². The summed E-state index contributed by atoms with van der Waals surface area (Å²) in [5.74, 6) is -0.247. The molecule has 0 atom stereocenters. The highest BCUT2D eigenvalue weighted by atomic mass is 19.4. The molecular formula is C20H21F3N2O2. The first kappa shape index (κ1) is 19.2. The topological polar surface area (TPSA) is 45.1 Å². The summed E-state index contributed by atoms with van der Waals surface area (Å²) in [7, 11) is 0. The Kier molecular flexibility index (Phi) is 5.15. The van der Waals surface area contributed by atoms with Gasteiger partial charge in [0.2, 0.25) is 0 Å². The molecule has 2 aromatic rings. The fourth-order valence-corrected chi connectivity index (χ4v) is 2.93. The molecule has 4 nitrogen and oxygen atoms in total. The van der Waals surface area contributed by atoms with Gasteiger partial charge in [-0.25, -0.2) is 0 Å². The van der Waals surface area contributed by atoms with Crippen molar-refractivity contribution in [2.24, 2.45) is 10.4 Å². The van der Waals surface area contributed by atoms with E-state index in [-0.39, 0.29) is 17.8 Å². The molecule has 144 valence electrons. The van der Waals surface area contributed by atoms with Crippen LogP contribution in [0.5, 0.6) is 5.75 Å². The molecule has 0 bridgehead atoms. The Morgan fingerprint density at radius 2 is 1.74 bits per heavy atom. The lowest BCUT2D eigenvalue weighted by Gasteiger charge is -2.30. The molecule has 27 heavy (non-hydrogen) atoms. The Hall–Kier alpha value is -2.54. The molecule has 0 amide bonds. The summed E-state index contributed by atoms with van der Waals surface area (Å²) in [6.45, 7) is 5.24. The summed E-state index contributed by atoms with van der Waals surface area (Å²) in [6, 6.07) is 11.5. The van der Waals surface area contributed by atoms with Crippen LogP contribution >= 0.6 is 0 Å². The summed E-state index contributed by atoms with van der Waals surface area (Å²) in [5, 5.41) is 11.3. The summed E-state index contributed by atoms with van der Waals surface area (Å²) < 4.78 is 40.7. The minimum absolute atomic E-state index is 0.0799. The molecule has 0 spiro atoms. The molecule has 0 radical (unpaired) electrons. The molecule has 0 aromatic heterocycles. The molecule has 0 unspecified atom stereocenters. The molecular weight excluding hydrogens is 357 g/mol. The van der Waals surface area contributed by atoms with Crippen molar-refractivity contribution in [3.05, 3.63) is 53.0 Å². The average Bonchev–Trinajstić information content (AvgIpc) is 2.60. The number of ether oxygens (including phenoxy) is 1. The Morgan fingerprint density at radius 3 is 2.37 bits per heavy atom. The van der Waals surface area contributed by atoms with Crippen molar-refractivity contribution < 1.29 is 23.0 Å². The highest BCUT2D eigenvalue weighted by molar-refractivity contribution is 5.64. The second-order valence-electron chi connectivity index (χ2n) is 7.34. The van der Waals surface area contributed by atoms with E-state index in [1.165, 1.54) is 12.1 Å². The van der Waals surface area contributed by atoms with Crippen LogP contribution < -0.4 is 15.3 Å². The number of alkyl halides is 3. The van der Waals surface area contributed by atoms with E-state index < -0.39 is 6.36 Å². The standard InChI is InChI=1S/C20H21F3N2O2/c1-19(2,12-26)11-25-10-16-9-15(5-8-18(16)24-13-25)14-3-6-17(7-4-14)27-20(21,22)23/h3-10,26H,11-13H2,1-2H3. The van der Waals surface area contributed by atoms with Crippen LogP contribution in [0, 0.1) is 5.41 Å². The van der Waals surface area contributed by atoms with E-state index in [1.54, 1.807) is 12.1 Å². The molecule has 1 aliphatic rings. The zero-order valence-electron chi connectivity index (χ0n) is 15.1. The first-order valence-corrected chi connectivity index (χ1v) is 8.53. The summed E-state index contributed by atoms with van der Waals surface area (Å²) >= 11 is 0. The molecule has 0 saturated heterocycles. The predicted octanol–water partition coefficient (Wildman–Crippen LogP) is 2.90. The quantitative estimate of drug-likeness (QED) is 0.870. The normalized spacial score (nSPS) is 14.2. The van der Waals surface area contributed by atoms with Gasteiger partial charge in [0.15, 0.2) is 0 Å². The number of aliphatic hydroxyl groups is 1. The van der Waals surface area contributed by atoms with Gasteiger partial charge in [-0.15, -0.1) is 13.2 Å². The Bertz CT molecular complexity index is 922. The van der Waals surface area contributed by atoms with Crippen molar-refractivity contribution in [1.82, 2.24) is 4.90 Å². The summed E-state index contributed by atoms with van der Waals surface area (Å²) in [6.07, 6.45) is -2.69. The molecule has 7 heteroatoms. The number of nitrogens with zero attached hydrogens (tertiary/aromatic N) is 2. The van der Waals surface area contributed by atoms with Crippen LogP contribution in [0.4, 0.5) is 13.2 Å². The van der Waals surface area contributed by atoms with E-state index in [4.69, 9.17) is 0 Å². The van der Waals surface area contributed by atoms with Gasteiger partial charge in [-0.05, 0) is 35.4 Å². The average molecular weight is 378 g/mol. The number of benzene rings is 2. The Balaban J connectivity index is 1.86. The van der Waals surface area contributed by atoms with Crippen LogP contribution in [0.15, 0.2) is 47.5 Å². The maximum Gasteiger partial charge on any atom is 0.573 e. The van der Waals surface area contributed by atoms with E-state index >= 15 is 0 Å². The van der Waals surface area contributed by atoms with Crippen LogP contribution in [0.2, 0.25) is 0 Å². The minimum Gasteiger partial charge on any atom is -0.406 e. The predicted molar refractivity (Wildman–Crippen MR) is 96.2 cm³/mol. The SMILES string of the molecule is CC(C)(CO)CN1C=c2cc(-c3ccc(OC(F)(F)F)cc3)ccc2=NC1. The molecule has 2 aromatic carbocycles. The van der Waals surface area contributed by atoms with Gasteiger partial charge in [-0.2, -0.15) is 0 Å². The Labute approximate surface area is 155 Å². The number of halogens is 3. The van der Waals surface area contributed by atoms with E-state index in [1.807, 2.05) is 43.1 Å². The van der Waals surface area contributed by atoms with Crippen molar-refractivity contribution in [3.8, 4) is 16.9 Å². The third-order valence-corrected chi connectivity index (χ3v) is 4.25. The maximum absolute atomic E-state index is 12.3. The van der Waals surface area contributed by atoms with Gasteiger partial charge >= 0.3 is 6.36 Å². The van der Waals surface area contributed by atoms with Gasteiger partial charge in [0.1, 0.15) is 12.4 Å². The molecule has 0 fully saturated rings. The zero-order valence-corrected chi connectivity index (χ0v) is 15.1. The Morgan fingerprint density at radius 1 is 1.07 bits per heavy atom. The number of hydrogen-bond donors (Lipinski definition) is 1. The highest BCUT2D eigenvalue weighted by Gasteiger charge is 2.31. The lowest BCUT2D eigenvalue weighted by Crippen LogP contribution is -2.40. The van der Waals surface area contributed by atoms with Crippen LogP contribution in [0.3, 0.4) is 0 Å². The van der Waals surface area contributed by atoms with Crippen LogP contribution in [-0.2, 0) is 0 Å². The fraction of sp³-hybridized carbons (Fsp3) is 0.350. The lowest BCUT2D eigenvalue weighted by atomic mass is 9.94. The van der Waals surface area contributed by atoms with E-state index in [0.717, 1.165) is 21.7 Å². The highest BCUT2D eigenvalue weighted by Crippen LogP contribution is 2.26. The second-order valence-corrected chi connectivity index (χ2v) is 7.34. The van der Waals surface area contributed by atoms with Crippen LogP contribution in [0.25, 0.3) is 17.3 Å². The van der Waals surface area contributed by atoms with Gasteiger partial charge in [0.05, 0.1) is 5.36 Å². The smallest absolute Gasteiger partial charge is 0.406 e. The summed E-state index contributed by atoms with van der Waals surface area (Å²) in [4.78, 5) is 6.59. The first-order valence-electron chi connectivity index (χ1n) is 8.53. The monoisotopic (exact) mass is 378 g/mol. The van der Waals surface area contributed by atoms with E-state index in [2.05, 4.69) is 9.73 Å². The molecule has 0 saturated carbocycles. The van der Waals surface area contributed by atoms with Crippen LogP contribution in [-0.4, -0.2) is 36.2 Å². The second kappa shape index (κ2) is 7.23. The lowest BCUT2D eigenvalue weighted by molar-refractivity contribution is -0.274. The number of rotatable bonds is 5. The first-order chi connectivity index (χ1) is 12.6. The number of fused-ring (bicyclic) bond motifs is 1. The summed E-state index contributed by atoms with van der Waals surface area (Å²) in [5.41, 5.74) is 1.42. The van der Waals surface area contributed by atoms with Crippen molar-refractivity contribution in [2.75, 3.05) is 19.8 Å². The molecule has 1 aliphatic heterocycles. The van der Waals surface area contributed by atoms with Crippen molar-refractivity contribution >= 4 is 6.20 Å². The van der Waals surface area contributed by atoms with Crippen molar-refractivity contribution in [2.45, 2.75) is 20.2 Å². The van der Waals surface area contributed by atoms with E-state index in [9.17, 15) is 18.3 Å². The van der Waals surface area contributed by atoms with Gasteiger partial charge in [-0.1, -0.05) is 32.0 Å². The van der Waals surface area contributed by atoms with Gasteiger partial charge < -0.3 is 14.7 Å². The minimum atomic E-state index is -4.70. The van der Waals surface area contributed by atoms with E-state index in [0.29, 0.717) is 13.2 Å².